The summed E-state index contributed by atoms with van der Waals surface area (Å²) in [6, 6.07) is 21.8. The zero-order chi connectivity index (χ0) is 31.6. The quantitative estimate of drug-likeness (QED) is 0.184. The average molecular weight is 616 g/mol. The number of carbonyl (C=O) groups is 2. The molecule has 0 unspecified atom stereocenters. The van der Waals surface area contributed by atoms with E-state index in [2.05, 4.69) is 11.4 Å². The van der Waals surface area contributed by atoms with E-state index in [0.717, 1.165) is 23.2 Å². The molecule has 0 aliphatic rings. The molecule has 10 heteroatoms. The highest BCUT2D eigenvalue weighted by Crippen LogP contribution is 2.35. The maximum atomic E-state index is 13.8. The fourth-order valence-corrected chi connectivity index (χ4v) is 5.38. The summed E-state index contributed by atoms with van der Waals surface area (Å²) < 4.78 is 41.4. The average Bonchev–Trinajstić information content (AvgIpc) is 3.36. The van der Waals surface area contributed by atoms with Gasteiger partial charge in [0.1, 0.15) is 0 Å². The van der Waals surface area contributed by atoms with Crippen molar-refractivity contribution < 1.29 is 27.9 Å². The van der Waals surface area contributed by atoms with Crippen molar-refractivity contribution in [1.82, 2.24) is 9.88 Å². The number of carboxylic acid groups (broad SMARTS) is 1. The lowest BCUT2D eigenvalue weighted by molar-refractivity contribution is -0.137. The second-order valence-corrected chi connectivity index (χ2v) is 10.7. The number of halogens is 4. The maximum absolute atomic E-state index is 13.8. The predicted octanol–water partition coefficient (Wildman–Crippen LogP) is 8.09. The van der Waals surface area contributed by atoms with Crippen molar-refractivity contribution in [3.63, 3.8) is 0 Å². The van der Waals surface area contributed by atoms with E-state index in [-0.39, 0.29) is 18.5 Å². The number of nitriles is 1. The third-order valence-corrected chi connectivity index (χ3v) is 7.55. The number of carboxylic acids is 1. The van der Waals surface area contributed by atoms with E-state index < -0.39 is 23.6 Å². The van der Waals surface area contributed by atoms with E-state index in [1.54, 1.807) is 36.4 Å². The van der Waals surface area contributed by atoms with Gasteiger partial charge in [-0.15, -0.1) is 0 Å². The van der Waals surface area contributed by atoms with E-state index in [1.807, 2.05) is 23.8 Å². The molecule has 5 aromatic rings. The molecule has 0 aliphatic heterocycles. The second-order valence-electron chi connectivity index (χ2n) is 10.3. The van der Waals surface area contributed by atoms with E-state index >= 15 is 0 Å². The minimum absolute atomic E-state index is 0.126. The van der Waals surface area contributed by atoms with Crippen LogP contribution in [-0.4, -0.2) is 21.6 Å². The minimum Gasteiger partial charge on any atom is -0.478 e. The Hall–Kier alpha value is -5.07. The van der Waals surface area contributed by atoms with Crippen molar-refractivity contribution in [3.05, 3.63) is 129 Å². The van der Waals surface area contributed by atoms with Crippen LogP contribution < -0.4 is 5.32 Å². The summed E-state index contributed by atoms with van der Waals surface area (Å²) in [5.41, 5.74) is 4.22. The number of hydrogen-bond donors (Lipinski definition) is 2. The molecule has 1 heterocycles. The molecule has 4 aromatic carbocycles. The molecule has 1 amide bonds. The number of fused-ring (bicyclic) bond motifs is 1. The molecule has 0 aliphatic carbocycles. The molecule has 0 bridgehead atoms. The molecule has 0 radical (unpaired) electrons. The van der Waals surface area contributed by atoms with Crippen LogP contribution in [0.5, 0.6) is 0 Å². The van der Waals surface area contributed by atoms with Gasteiger partial charge < -0.3 is 15.0 Å². The number of amides is 1. The largest absolute Gasteiger partial charge is 0.478 e. The highest BCUT2D eigenvalue weighted by Gasteiger charge is 2.30. The monoisotopic (exact) mass is 615 g/mol. The molecule has 0 saturated carbocycles. The van der Waals surface area contributed by atoms with Crippen LogP contribution in [0.15, 0.2) is 85.1 Å². The number of alkyl halides is 3. The summed E-state index contributed by atoms with van der Waals surface area (Å²) in [5.74, 6) is -1.45. The van der Waals surface area contributed by atoms with E-state index in [9.17, 15) is 28.0 Å². The maximum Gasteiger partial charge on any atom is 0.416 e. The number of aryl methyl sites for hydroxylation is 1. The van der Waals surface area contributed by atoms with Gasteiger partial charge in [-0.05, 0) is 95.8 Å². The van der Waals surface area contributed by atoms with Gasteiger partial charge in [0.05, 0.1) is 22.8 Å². The number of benzene rings is 4. The van der Waals surface area contributed by atoms with Crippen molar-refractivity contribution in [1.29, 1.82) is 5.26 Å². The molecular weight excluding hydrogens is 591 g/mol. The van der Waals surface area contributed by atoms with E-state index in [1.165, 1.54) is 24.3 Å². The second kappa shape index (κ2) is 12.3. The van der Waals surface area contributed by atoms with Crippen molar-refractivity contribution >= 4 is 34.4 Å². The van der Waals surface area contributed by atoms with Crippen molar-refractivity contribution in [2.24, 2.45) is 0 Å². The molecule has 6 nitrogen and oxygen atoms in total. The molecule has 2 N–H and O–H groups in total. The number of hydrogen-bond acceptors (Lipinski definition) is 3. The van der Waals surface area contributed by atoms with Gasteiger partial charge >= 0.3 is 12.1 Å². The molecule has 0 saturated heterocycles. The Balaban J connectivity index is 1.60. The number of rotatable bonds is 8. The standard InChI is InChI=1S/C34H25ClF3N3O3/c1-2-41-19-26(11-20-5-9-27(10-6-20)34(36,37)38)31-29(32(42)40-18-21-3-7-23(8-4-21)33(43)44)15-25(16-30(31)41)24-12-22(17-39)13-28(35)14-24/h3-10,12-16,19H,2,11,18H2,1H3,(H,40,42)(H,43,44). The fraction of sp³-hybridized carbons (Fsp3) is 0.147. The molecule has 1 aromatic heterocycles. The van der Waals surface area contributed by atoms with Gasteiger partial charge in [-0.25, -0.2) is 4.79 Å². The molecule has 222 valence electrons. The van der Waals surface area contributed by atoms with Gasteiger partial charge in [-0.3, -0.25) is 4.79 Å². The van der Waals surface area contributed by atoms with Crippen LogP contribution in [-0.2, 0) is 25.7 Å². The first-order chi connectivity index (χ1) is 21.0. The first-order valence-electron chi connectivity index (χ1n) is 13.6. The zero-order valence-electron chi connectivity index (χ0n) is 23.4. The van der Waals surface area contributed by atoms with Crippen molar-refractivity contribution in [2.45, 2.75) is 32.6 Å². The van der Waals surface area contributed by atoms with Gasteiger partial charge in [0, 0.05) is 40.8 Å². The number of aromatic carboxylic acids is 1. The SMILES string of the molecule is CCn1cc(Cc2ccc(C(F)(F)F)cc2)c2c(C(=O)NCc3ccc(C(=O)O)cc3)cc(-c3cc(Cl)cc(C#N)c3)cc21. The zero-order valence-corrected chi connectivity index (χ0v) is 24.1. The first kappa shape index (κ1) is 30.4. The van der Waals surface area contributed by atoms with Crippen LogP contribution in [0.25, 0.3) is 22.0 Å². The van der Waals surface area contributed by atoms with Crippen LogP contribution in [0.2, 0.25) is 5.02 Å². The van der Waals surface area contributed by atoms with Crippen molar-refractivity contribution in [2.75, 3.05) is 0 Å². The Bertz CT molecular complexity index is 1920. The fourth-order valence-electron chi connectivity index (χ4n) is 5.15. The number of aromatic nitrogens is 1. The van der Waals surface area contributed by atoms with Crippen LogP contribution in [0.1, 0.15) is 55.5 Å². The van der Waals surface area contributed by atoms with Gasteiger partial charge in [0.2, 0.25) is 0 Å². The van der Waals surface area contributed by atoms with Gasteiger partial charge in [0.25, 0.3) is 5.91 Å². The molecule has 0 atom stereocenters. The lowest BCUT2D eigenvalue weighted by Gasteiger charge is -2.13. The number of nitrogens with one attached hydrogen (secondary N) is 1. The Kier molecular flexibility index (Phi) is 8.47. The van der Waals surface area contributed by atoms with E-state index in [0.29, 0.717) is 50.3 Å². The Morgan fingerprint density at radius 2 is 1.61 bits per heavy atom. The molecule has 44 heavy (non-hydrogen) atoms. The molecular formula is C34H25ClF3N3O3. The topological polar surface area (TPSA) is 95.1 Å². The summed E-state index contributed by atoms with van der Waals surface area (Å²) >= 11 is 6.30. The van der Waals surface area contributed by atoms with Gasteiger partial charge in [-0.2, -0.15) is 18.4 Å². The van der Waals surface area contributed by atoms with Gasteiger partial charge in [-0.1, -0.05) is 35.9 Å². The Morgan fingerprint density at radius 1 is 0.955 bits per heavy atom. The molecule has 0 spiro atoms. The van der Waals surface area contributed by atoms with Crippen molar-refractivity contribution in [3.8, 4) is 17.2 Å². The van der Waals surface area contributed by atoms with Gasteiger partial charge in [0.15, 0.2) is 0 Å². The smallest absolute Gasteiger partial charge is 0.416 e. The summed E-state index contributed by atoms with van der Waals surface area (Å²) in [4.78, 5) is 25.0. The Labute approximate surface area is 255 Å². The third-order valence-electron chi connectivity index (χ3n) is 7.34. The summed E-state index contributed by atoms with van der Waals surface area (Å²) in [5, 5.41) is 22.6. The molecule has 0 fully saturated rings. The lowest BCUT2D eigenvalue weighted by Crippen LogP contribution is -2.23. The number of nitrogens with zero attached hydrogens (tertiary/aromatic N) is 2. The summed E-state index contributed by atoms with van der Waals surface area (Å²) in [6.07, 6.45) is -2.27. The summed E-state index contributed by atoms with van der Waals surface area (Å²) in [6.45, 7) is 2.63. The normalized spacial score (nSPS) is 11.4. The Morgan fingerprint density at radius 3 is 2.23 bits per heavy atom. The summed E-state index contributed by atoms with van der Waals surface area (Å²) in [7, 11) is 0. The molecule has 5 rings (SSSR count). The van der Waals surface area contributed by atoms with E-state index in [4.69, 9.17) is 16.7 Å². The van der Waals surface area contributed by atoms with Crippen LogP contribution in [0.3, 0.4) is 0 Å². The minimum atomic E-state index is -4.45. The lowest BCUT2D eigenvalue weighted by atomic mass is 9.95. The highest BCUT2D eigenvalue weighted by atomic mass is 35.5. The van der Waals surface area contributed by atoms with Crippen LogP contribution in [0, 0.1) is 11.3 Å². The van der Waals surface area contributed by atoms with Crippen LogP contribution >= 0.6 is 11.6 Å². The van der Waals surface area contributed by atoms with Crippen LogP contribution in [0.4, 0.5) is 13.2 Å². The highest BCUT2D eigenvalue weighted by molar-refractivity contribution is 6.31. The third kappa shape index (κ3) is 6.46. The first-order valence-corrected chi connectivity index (χ1v) is 14.0. The predicted molar refractivity (Wildman–Crippen MR) is 162 cm³/mol. The number of carbonyl (C=O) groups excluding carboxylic acids is 1.